The third-order valence-corrected chi connectivity index (χ3v) is 5.93. The summed E-state index contributed by atoms with van der Waals surface area (Å²) in [6, 6.07) is 17.3. The van der Waals surface area contributed by atoms with Gasteiger partial charge in [-0.1, -0.05) is 44.2 Å². The fourth-order valence-electron chi connectivity index (χ4n) is 4.28. The number of rotatable bonds is 8. The zero-order valence-electron chi connectivity index (χ0n) is 20.7. The van der Waals surface area contributed by atoms with Crippen LogP contribution in [0.25, 0.3) is 22.5 Å². The van der Waals surface area contributed by atoms with E-state index in [2.05, 4.69) is 0 Å². The van der Waals surface area contributed by atoms with Crippen LogP contribution in [0, 0.1) is 46.0 Å². The lowest BCUT2D eigenvalue weighted by Crippen LogP contribution is -2.22. The Labute approximate surface area is 213 Å². The summed E-state index contributed by atoms with van der Waals surface area (Å²) in [6.45, 7) is 6.25. The molecule has 0 spiro atoms. The van der Waals surface area contributed by atoms with Gasteiger partial charge in [0.2, 0.25) is 0 Å². The molecular formula is C28H25F2N5O2. The van der Waals surface area contributed by atoms with Crippen molar-refractivity contribution in [3.8, 4) is 28.7 Å². The topological polar surface area (TPSA) is 88.0 Å². The maximum atomic E-state index is 15.1. The molecule has 7 nitrogen and oxygen atoms in total. The summed E-state index contributed by atoms with van der Waals surface area (Å²) in [4.78, 5) is 17.2. The van der Waals surface area contributed by atoms with Gasteiger partial charge in [-0.25, -0.2) is 13.8 Å². The molecule has 1 aromatic heterocycles. The molecule has 37 heavy (non-hydrogen) atoms. The van der Waals surface area contributed by atoms with Gasteiger partial charge in [0.15, 0.2) is 6.19 Å². The van der Waals surface area contributed by atoms with Gasteiger partial charge in [0.25, 0.3) is 5.69 Å². The fraction of sp³-hybridized carbons (Fsp3) is 0.214. The van der Waals surface area contributed by atoms with E-state index in [0.717, 1.165) is 11.6 Å². The molecule has 0 aliphatic heterocycles. The lowest BCUT2D eigenvalue weighted by Gasteiger charge is -2.19. The van der Waals surface area contributed by atoms with E-state index in [4.69, 9.17) is 4.98 Å². The number of hydrogen-bond donors (Lipinski definition) is 0. The van der Waals surface area contributed by atoms with Crippen LogP contribution in [0.5, 0.6) is 0 Å². The largest absolute Gasteiger partial charge is 0.323 e. The first-order chi connectivity index (χ1) is 17.7. The summed E-state index contributed by atoms with van der Waals surface area (Å²) >= 11 is 0. The number of imidazole rings is 1. The predicted molar refractivity (Wildman–Crippen MR) is 138 cm³/mol. The number of nitro groups is 1. The van der Waals surface area contributed by atoms with Crippen molar-refractivity contribution < 1.29 is 13.7 Å². The van der Waals surface area contributed by atoms with E-state index in [1.165, 1.54) is 35.2 Å². The minimum absolute atomic E-state index is 0.0686. The van der Waals surface area contributed by atoms with Crippen molar-refractivity contribution in [1.29, 1.82) is 5.26 Å². The molecule has 0 saturated heterocycles. The quantitative estimate of drug-likeness (QED) is 0.116. The molecule has 1 heterocycles. The summed E-state index contributed by atoms with van der Waals surface area (Å²) in [5.41, 5.74) is 2.25. The third kappa shape index (κ3) is 5.33. The van der Waals surface area contributed by atoms with Gasteiger partial charge in [-0.3, -0.25) is 15.0 Å². The number of benzene rings is 3. The first-order valence-electron chi connectivity index (χ1n) is 11.7. The Kier molecular flexibility index (Phi) is 7.30. The highest BCUT2D eigenvalue weighted by molar-refractivity contribution is 5.83. The second-order valence-electron chi connectivity index (χ2n) is 9.12. The first kappa shape index (κ1) is 25.5. The average Bonchev–Trinajstić information content (AvgIpc) is 3.18. The molecule has 3 aromatic carbocycles. The minimum Gasteiger partial charge on any atom is -0.323 e. The summed E-state index contributed by atoms with van der Waals surface area (Å²) < 4.78 is 30.7. The van der Waals surface area contributed by atoms with Crippen LogP contribution < -0.4 is 4.90 Å². The van der Waals surface area contributed by atoms with Gasteiger partial charge < -0.3 is 4.57 Å². The van der Waals surface area contributed by atoms with Crippen molar-refractivity contribution in [2.75, 3.05) is 11.4 Å². The Morgan fingerprint density at radius 3 is 2.46 bits per heavy atom. The smallest absolute Gasteiger partial charge is 0.293 e. The van der Waals surface area contributed by atoms with Gasteiger partial charge in [-0.2, -0.15) is 5.26 Å². The average molecular weight is 502 g/mol. The molecule has 9 heteroatoms. The monoisotopic (exact) mass is 501 g/mol. The summed E-state index contributed by atoms with van der Waals surface area (Å²) in [6.07, 6.45) is 2.04. The van der Waals surface area contributed by atoms with Crippen LogP contribution in [0.2, 0.25) is 0 Å². The van der Waals surface area contributed by atoms with Gasteiger partial charge in [0.05, 0.1) is 16.3 Å². The highest BCUT2D eigenvalue weighted by atomic mass is 19.1. The Hall–Kier alpha value is -4.58. The van der Waals surface area contributed by atoms with Crippen LogP contribution in [-0.4, -0.2) is 21.0 Å². The van der Waals surface area contributed by atoms with Crippen molar-refractivity contribution in [3.63, 3.8) is 0 Å². The van der Waals surface area contributed by atoms with E-state index in [9.17, 15) is 19.8 Å². The molecule has 0 unspecified atom stereocenters. The molecular weight excluding hydrogens is 476 g/mol. The Balaban J connectivity index is 1.96. The van der Waals surface area contributed by atoms with Crippen LogP contribution in [0.15, 0.2) is 66.7 Å². The predicted octanol–water partition coefficient (Wildman–Crippen LogP) is 6.70. The molecule has 4 rings (SSSR count). The molecule has 0 aliphatic carbocycles. The van der Waals surface area contributed by atoms with E-state index in [1.807, 2.05) is 54.9 Å². The Morgan fingerprint density at radius 1 is 1.11 bits per heavy atom. The van der Waals surface area contributed by atoms with E-state index in [1.54, 1.807) is 6.92 Å². The SMILES string of the molecule is Cc1nc(-c2ccc([N+](=O)[O-])c(N(C#N)CC(C)C)c2)c(-c2ccc(F)cc2F)n1Cc1ccccc1. The van der Waals surface area contributed by atoms with Crippen LogP contribution in [-0.2, 0) is 6.54 Å². The maximum absolute atomic E-state index is 15.1. The normalized spacial score (nSPS) is 10.9. The Morgan fingerprint density at radius 2 is 1.84 bits per heavy atom. The molecule has 0 saturated carbocycles. The number of hydrogen-bond acceptors (Lipinski definition) is 5. The number of anilines is 1. The molecule has 0 fully saturated rings. The van der Waals surface area contributed by atoms with Crippen molar-refractivity contribution in [2.45, 2.75) is 27.3 Å². The lowest BCUT2D eigenvalue weighted by molar-refractivity contribution is -0.384. The van der Waals surface area contributed by atoms with E-state index in [-0.39, 0.29) is 29.4 Å². The van der Waals surface area contributed by atoms with Crippen LogP contribution >= 0.6 is 0 Å². The van der Waals surface area contributed by atoms with Gasteiger partial charge in [-0.15, -0.1) is 0 Å². The Bertz CT molecular complexity index is 1490. The molecule has 188 valence electrons. The molecule has 0 radical (unpaired) electrons. The first-order valence-corrected chi connectivity index (χ1v) is 11.7. The molecule has 4 aromatic rings. The second-order valence-corrected chi connectivity index (χ2v) is 9.12. The number of aromatic nitrogens is 2. The van der Waals surface area contributed by atoms with Crippen molar-refractivity contribution in [2.24, 2.45) is 5.92 Å². The van der Waals surface area contributed by atoms with Gasteiger partial charge in [0.1, 0.15) is 23.1 Å². The number of halogens is 2. The summed E-state index contributed by atoms with van der Waals surface area (Å²) in [5, 5.41) is 21.5. The van der Waals surface area contributed by atoms with Gasteiger partial charge in [0, 0.05) is 36.3 Å². The number of nitrogens with zero attached hydrogens (tertiary/aromatic N) is 5. The van der Waals surface area contributed by atoms with Crippen LogP contribution in [0.3, 0.4) is 0 Å². The molecule has 0 N–H and O–H groups in total. The van der Waals surface area contributed by atoms with E-state index >= 15 is 4.39 Å². The number of aryl methyl sites for hydroxylation is 1. The van der Waals surface area contributed by atoms with E-state index < -0.39 is 16.6 Å². The highest BCUT2D eigenvalue weighted by Crippen LogP contribution is 2.39. The van der Waals surface area contributed by atoms with Gasteiger partial charge >= 0.3 is 0 Å². The molecule has 0 aliphatic rings. The third-order valence-electron chi connectivity index (χ3n) is 5.93. The molecule has 0 bridgehead atoms. The van der Waals surface area contributed by atoms with E-state index in [0.29, 0.717) is 29.3 Å². The molecule has 0 atom stereocenters. The lowest BCUT2D eigenvalue weighted by atomic mass is 10.0. The number of nitriles is 1. The highest BCUT2D eigenvalue weighted by Gasteiger charge is 2.26. The molecule has 0 amide bonds. The zero-order valence-corrected chi connectivity index (χ0v) is 20.7. The standard InChI is InChI=1S/C28H25F2N5O2/c1-18(2)15-33(17-31)26-13-21(9-12-25(26)35(36)37)27-28(23-11-10-22(29)14-24(23)30)34(19(3)32-27)16-20-7-5-4-6-8-20/h4-14,18H,15-16H2,1-3H3. The summed E-state index contributed by atoms with van der Waals surface area (Å²) in [7, 11) is 0. The van der Waals surface area contributed by atoms with Crippen molar-refractivity contribution in [1.82, 2.24) is 9.55 Å². The maximum Gasteiger partial charge on any atom is 0.293 e. The fourth-order valence-corrected chi connectivity index (χ4v) is 4.28. The van der Waals surface area contributed by atoms with Crippen molar-refractivity contribution in [3.05, 3.63) is 99.9 Å². The van der Waals surface area contributed by atoms with Crippen LogP contribution in [0.4, 0.5) is 20.2 Å². The van der Waals surface area contributed by atoms with Gasteiger partial charge in [-0.05, 0) is 42.7 Å². The summed E-state index contributed by atoms with van der Waals surface area (Å²) in [5.74, 6) is -0.809. The zero-order chi connectivity index (χ0) is 26.7. The second kappa shape index (κ2) is 10.6. The minimum atomic E-state index is -0.754. The van der Waals surface area contributed by atoms with Crippen molar-refractivity contribution >= 4 is 11.4 Å². The number of nitro benzene ring substituents is 1. The van der Waals surface area contributed by atoms with Crippen LogP contribution in [0.1, 0.15) is 25.2 Å².